The number of allylic oxidation sites excluding steroid dienone is 2. The summed E-state index contributed by atoms with van der Waals surface area (Å²) in [6.45, 7) is 12.0. The molecule has 2 atom stereocenters. The Morgan fingerprint density at radius 1 is 1.39 bits per heavy atom. The molecule has 0 spiro atoms. The lowest BCUT2D eigenvalue weighted by Gasteiger charge is -2.26. The number of hydrogen-bond acceptors (Lipinski definition) is 4. The van der Waals surface area contributed by atoms with Crippen molar-refractivity contribution in [3.63, 3.8) is 0 Å². The third kappa shape index (κ3) is 7.49. The second-order valence-corrected chi connectivity index (χ2v) is 7.89. The predicted molar refractivity (Wildman–Crippen MR) is 118 cm³/mol. The van der Waals surface area contributed by atoms with Crippen molar-refractivity contribution >= 4 is 24.2 Å². The van der Waals surface area contributed by atoms with Crippen LogP contribution in [0.2, 0.25) is 5.02 Å². The molecule has 1 rings (SSSR count). The molecule has 0 fully saturated rings. The number of hydrogen-bond donors (Lipinski definition) is 2. The number of likely N-dealkylation sites (N-methyl/N-ethyl adjacent to an activating group) is 1. The summed E-state index contributed by atoms with van der Waals surface area (Å²) < 4.78 is 0. The Hall–Kier alpha value is -2.11. The molecule has 5 nitrogen and oxygen atoms in total. The molecule has 154 valence electrons. The third-order valence-corrected chi connectivity index (χ3v) is 5.17. The topological polar surface area (TPSA) is 64.9 Å². The highest BCUT2D eigenvalue weighted by atomic mass is 35.5. The number of nitrogens with zero attached hydrogens (tertiary/aromatic N) is 2. The molecule has 2 unspecified atom stereocenters. The van der Waals surface area contributed by atoms with Gasteiger partial charge in [-0.25, -0.2) is 0 Å². The maximum Gasteiger partial charge on any atom is 0.220 e. The van der Waals surface area contributed by atoms with E-state index in [0.717, 1.165) is 11.1 Å². The fourth-order valence-corrected chi connectivity index (χ4v) is 3.24. The molecule has 0 radical (unpaired) electrons. The Balaban J connectivity index is 2.74. The first kappa shape index (κ1) is 23.9. The average Bonchev–Trinajstić information content (AvgIpc) is 2.63. The van der Waals surface area contributed by atoms with Crippen molar-refractivity contribution in [2.75, 3.05) is 20.6 Å². The van der Waals surface area contributed by atoms with Gasteiger partial charge in [0.15, 0.2) is 0 Å². The summed E-state index contributed by atoms with van der Waals surface area (Å²) in [6, 6.07) is 5.30. The lowest BCUT2D eigenvalue weighted by atomic mass is 9.85. The molecule has 0 saturated carbocycles. The zero-order valence-corrected chi connectivity index (χ0v) is 18.0. The molecule has 0 bridgehead atoms. The zero-order valence-electron chi connectivity index (χ0n) is 17.3. The molecular weight excluding hydrogens is 374 g/mol. The Bertz CT molecular complexity index is 714. The Kier molecular flexibility index (Phi) is 9.97. The second kappa shape index (κ2) is 11.7. The van der Waals surface area contributed by atoms with Gasteiger partial charge in [-0.3, -0.25) is 9.79 Å². The predicted octanol–water partition coefficient (Wildman–Crippen LogP) is 4.07. The van der Waals surface area contributed by atoms with E-state index in [1.165, 1.54) is 0 Å². The van der Waals surface area contributed by atoms with Crippen LogP contribution in [0, 0.1) is 11.8 Å². The van der Waals surface area contributed by atoms with Gasteiger partial charge in [-0.2, -0.15) is 0 Å². The number of carbonyl (C=O) groups is 1. The van der Waals surface area contributed by atoms with Crippen molar-refractivity contribution in [1.29, 1.82) is 0 Å². The third-order valence-electron chi connectivity index (χ3n) is 4.86. The van der Waals surface area contributed by atoms with E-state index in [0.29, 0.717) is 24.4 Å². The van der Waals surface area contributed by atoms with Crippen LogP contribution in [0.15, 0.2) is 47.6 Å². The first-order valence-corrected chi connectivity index (χ1v) is 9.76. The van der Waals surface area contributed by atoms with Gasteiger partial charge in [-0.05, 0) is 62.3 Å². The smallest absolute Gasteiger partial charge is 0.220 e. The van der Waals surface area contributed by atoms with Gasteiger partial charge in [-0.1, -0.05) is 44.2 Å². The number of benzene rings is 1. The molecule has 6 heteroatoms. The number of phenols is 1. The van der Waals surface area contributed by atoms with Crippen LogP contribution in [-0.2, 0) is 11.2 Å². The van der Waals surface area contributed by atoms with E-state index < -0.39 is 0 Å². The van der Waals surface area contributed by atoms with Gasteiger partial charge in [0.05, 0.1) is 5.02 Å². The summed E-state index contributed by atoms with van der Waals surface area (Å²) in [5.74, 6) is 0.378. The SMILES string of the molecule is C=C/C(=C\N=C)C(CC(=O)NCC(Cc1ccc(O)c(Cl)c1)N(C)C)C(C)C. The van der Waals surface area contributed by atoms with Crippen LogP contribution in [0.25, 0.3) is 0 Å². The van der Waals surface area contributed by atoms with Crippen LogP contribution >= 0.6 is 11.6 Å². The van der Waals surface area contributed by atoms with Crippen LogP contribution in [-0.4, -0.2) is 49.3 Å². The largest absolute Gasteiger partial charge is 0.506 e. The normalized spacial score (nSPS) is 14.0. The van der Waals surface area contributed by atoms with E-state index in [1.54, 1.807) is 24.4 Å². The van der Waals surface area contributed by atoms with Gasteiger partial charge >= 0.3 is 0 Å². The first-order valence-electron chi connectivity index (χ1n) is 9.38. The molecule has 1 aromatic carbocycles. The highest BCUT2D eigenvalue weighted by Gasteiger charge is 2.21. The number of aromatic hydroxyl groups is 1. The Morgan fingerprint density at radius 3 is 2.57 bits per heavy atom. The summed E-state index contributed by atoms with van der Waals surface area (Å²) in [7, 11) is 3.95. The molecule has 1 amide bonds. The number of nitrogens with one attached hydrogen (secondary N) is 1. The maximum absolute atomic E-state index is 12.6. The summed E-state index contributed by atoms with van der Waals surface area (Å²) in [4.78, 5) is 18.5. The van der Waals surface area contributed by atoms with Gasteiger partial charge in [0.25, 0.3) is 0 Å². The van der Waals surface area contributed by atoms with Crippen LogP contribution < -0.4 is 5.32 Å². The fourth-order valence-electron chi connectivity index (χ4n) is 3.03. The lowest BCUT2D eigenvalue weighted by Crippen LogP contribution is -2.42. The van der Waals surface area contributed by atoms with E-state index in [2.05, 4.69) is 42.4 Å². The Labute approximate surface area is 173 Å². The van der Waals surface area contributed by atoms with Crippen molar-refractivity contribution in [2.45, 2.75) is 32.7 Å². The highest BCUT2D eigenvalue weighted by molar-refractivity contribution is 6.32. The van der Waals surface area contributed by atoms with E-state index in [1.807, 2.05) is 20.2 Å². The van der Waals surface area contributed by atoms with Crippen LogP contribution in [0.5, 0.6) is 5.75 Å². The Morgan fingerprint density at radius 2 is 2.07 bits per heavy atom. The summed E-state index contributed by atoms with van der Waals surface area (Å²) in [5, 5.41) is 13.0. The first-order chi connectivity index (χ1) is 13.2. The molecule has 2 N–H and O–H groups in total. The van der Waals surface area contributed by atoms with Crippen LogP contribution in [0.1, 0.15) is 25.8 Å². The minimum atomic E-state index is -0.00824. The second-order valence-electron chi connectivity index (χ2n) is 7.48. The molecule has 0 heterocycles. The molecule has 0 aliphatic carbocycles. The number of carbonyl (C=O) groups excluding carboxylic acids is 1. The van der Waals surface area contributed by atoms with Crippen molar-refractivity contribution in [1.82, 2.24) is 10.2 Å². The molecule has 0 aromatic heterocycles. The number of halogens is 1. The van der Waals surface area contributed by atoms with Crippen molar-refractivity contribution in [2.24, 2.45) is 16.8 Å². The molecular formula is C22H32ClN3O2. The minimum absolute atomic E-state index is 0.00824. The lowest BCUT2D eigenvalue weighted by molar-refractivity contribution is -0.122. The molecule has 1 aromatic rings. The summed E-state index contributed by atoms with van der Waals surface area (Å²) in [5.41, 5.74) is 1.92. The van der Waals surface area contributed by atoms with Crippen molar-refractivity contribution in [3.8, 4) is 5.75 Å². The fraction of sp³-hybridized carbons (Fsp3) is 0.455. The van der Waals surface area contributed by atoms with Crippen molar-refractivity contribution < 1.29 is 9.90 Å². The molecule has 0 aliphatic rings. The summed E-state index contributed by atoms with van der Waals surface area (Å²) in [6.07, 6.45) is 4.49. The summed E-state index contributed by atoms with van der Waals surface area (Å²) >= 11 is 6.00. The van der Waals surface area contributed by atoms with E-state index in [9.17, 15) is 9.90 Å². The zero-order chi connectivity index (χ0) is 21.3. The monoisotopic (exact) mass is 405 g/mol. The van der Waals surface area contributed by atoms with Gasteiger partial charge in [0.1, 0.15) is 5.75 Å². The van der Waals surface area contributed by atoms with Gasteiger partial charge in [-0.15, -0.1) is 0 Å². The highest BCUT2D eigenvalue weighted by Crippen LogP contribution is 2.26. The number of rotatable bonds is 11. The number of aliphatic imine (C=N–C) groups is 1. The van der Waals surface area contributed by atoms with Crippen LogP contribution in [0.3, 0.4) is 0 Å². The van der Waals surface area contributed by atoms with Crippen LogP contribution in [0.4, 0.5) is 0 Å². The van der Waals surface area contributed by atoms with Crippen molar-refractivity contribution in [3.05, 3.63) is 53.2 Å². The maximum atomic E-state index is 12.6. The number of phenolic OH excluding ortho intramolecular Hbond substituents is 1. The van der Waals surface area contributed by atoms with Gasteiger partial charge < -0.3 is 15.3 Å². The van der Waals surface area contributed by atoms with E-state index in [-0.39, 0.29) is 29.5 Å². The van der Waals surface area contributed by atoms with E-state index in [4.69, 9.17) is 11.6 Å². The molecule has 0 saturated heterocycles. The molecule has 28 heavy (non-hydrogen) atoms. The number of amides is 1. The van der Waals surface area contributed by atoms with Gasteiger partial charge in [0.2, 0.25) is 5.91 Å². The van der Waals surface area contributed by atoms with Gasteiger partial charge in [0, 0.05) is 25.2 Å². The van der Waals surface area contributed by atoms with E-state index >= 15 is 0 Å². The quantitative estimate of drug-likeness (QED) is 0.431. The molecule has 0 aliphatic heterocycles. The average molecular weight is 406 g/mol. The minimum Gasteiger partial charge on any atom is -0.506 e. The standard InChI is InChI=1S/C22H32ClN3O2/c1-7-17(13-24-4)19(15(2)3)12-22(28)25-14-18(26(5)6)10-16-8-9-21(27)20(23)11-16/h7-9,11,13,15,18-19,27H,1,4,10,12,14H2,2-3,5-6H3,(H,25,28)/b17-13+.